The van der Waals surface area contributed by atoms with Gasteiger partial charge in [0.25, 0.3) is 0 Å². The summed E-state index contributed by atoms with van der Waals surface area (Å²) in [6.45, 7) is 4.24. The molecule has 0 saturated heterocycles. The van der Waals surface area contributed by atoms with E-state index in [0.717, 1.165) is 50.5 Å². The molecule has 0 bridgehead atoms. The predicted molar refractivity (Wildman–Crippen MR) is 85.3 cm³/mol. The van der Waals surface area contributed by atoms with E-state index < -0.39 is 0 Å². The van der Waals surface area contributed by atoms with Gasteiger partial charge >= 0.3 is 0 Å². The molecule has 0 aromatic carbocycles. The molecule has 3 heteroatoms. The highest BCUT2D eigenvalue weighted by Crippen LogP contribution is 2.62. The van der Waals surface area contributed by atoms with Crippen LogP contribution in [-0.4, -0.2) is 27.5 Å². The fourth-order valence-electron chi connectivity index (χ4n) is 6.12. The molecule has 3 N–H and O–H groups in total. The van der Waals surface area contributed by atoms with Crippen LogP contribution in [0.2, 0.25) is 0 Å². The predicted octanol–water partition coefficient (Wildman–Crippen LogP) is 3.48. The smallest absolute Gasteiger partial charge is 0.0973 e. The molecule has 0 heterocycles. The van der Waals surface area contributed by atoms with Crippen molar-refractivity contribution >= 4 is 0 Å². The van der Waals surface area contributed by atoms with Crippen molar-refractivity contribution in [1.29, 1.82) is 0 Å². The van der Waals surface area contributed by atoms with E-state index in [-0.39, 0.29) is 23.5 Å². The molecule has 4 aliphatic carbocycles. The molecular weight excluding hydrogens is 276 g/mol. The highest BCUT2D eigenvalue weighted by atomic mass is 16.3. The summed E-state index contributed by atoms with van der Waals surface area (Å²) in [4.78, 5) is 0. The maximum absolute atomic E-state index is 10.8. The maximum Gasteiger partial charge on any atom is 0.0973 e. The van der Waals surface area contributed by atoms with Gasteiger partial charge in [-0.05, 0) is 75.2 Å². The van der Waals surface area contributed by atoms with Crippen molar-refractivity contribution in [2.24, 2.45) is 23.2 Å². The van der Waals surface area contributed by atoms with Gasteiger partial charge in [0.05, 0.1) is 18.0 Å². The van der Waals surface area contributed by atoms with Crippen LogP contribution in [0.3, 0.4) is 0 Å². The maximum atomic E-state index is 10.8. The molecule has 0 aliphatic heterocycles. The monoisotopic (exact) mass is 304 g/mol. The molecule has 0 aromatic rings. The Labute approximate surface area is 132 Å². The first-order valence-electron chi connectivity index (χ1n) is 8.88. The molecule has 0 radical (unpaired) electrons. The third-order valence-electron chi connectivity index (χ3n) is 7.22. The minimum absolute atomic E-state index is 0.127. The fourth-order valence-corrected chi connectivity index (χ4v) is 6.12. The number of hydrogen-bond acceptors (Lipinski definition) is 3. The molecule has 0 amide bonds. The van der Waals surface area contributed by atoms with Crippen molar-refractivity contribution in [3.05, 3.63) is 22.5 Å². The summed E-state index contributed by atoms with van der Waals surface area (Å²) in [6, 6.07) is 0. The van der Waals surface area contributed by atoms with Crippen LogP contribution in [0.25, 0.3) is 0 Å². The number of fused-ring (bicyclic) bond motifs is 4. The largest absolute Gasteiger partial charge is 0.512 e. The van der Waals surface area contributed by atoms with E-state index in [9.17, 15) is 15.3 Å². The summed E-state index contributed by atoms with van der Waals surface area (Å²) in [7, 11) is 0. The van der Waals surface area contributed by atoms with E-state index in [1.807, 2.05) is 6.92 Å². The van der Waals surface area contributed by atoms with Gasteiger partial charge in [0.2, 0.25) is 0 Å². The third kappa shape index (κ3) is 1.88. The zero-order valence-electron chi connectivity index (χ0n) is 13.7. The quantitative estimate of drug-likeness (QED) is 0.600. The lowest BCUT2D eigenvalue weighted by Gasteiger charge is -2.52. The van der Waals surface area contributed by atoms with Crippen LogP contribution in [-0.2, 0) is 0 Å². The first-order valence-corrected chi connectivity index (χ1v) is 8.88. The number of aliphatic hydroxyl groups excluding tert-OH is 3. The second kappa shape index (κ2) is 4.85. The summed E-state index contributed by atoms with van der Waals surface area (Å²) in [5.74, 6) is 1.74. The van der Waals surface area contributed by atoms with Gasteiger partial charge in [-0.15, -0.1) is 0 Å². The fraction of sp³-hybridized carbons (Fsp3) is 0.789. The van der Waals surface area contributed by atoms with Crippen molar-refractivity contribution < 1.29 is 15.3 Å². The van der Waals surface area contributed by atoms with Crippen molar-refractivity contribution in [2.75, 3.05) is 0 Å². The Kier molecular flexibility index (Phi) is 3.25. The molecule has 0 aromatic heterocycles. The Morgan fingerprint density at radius 3 is 2.64 bits per heavy atom. The Bertz CT molecular complexity index is 561. The second-order valence-corrected chi connectivity index (χ2v) is 8.38. The molecule has 1 saturated carbocycles. The summed E-state index contributed by atoms with van der Waals surface area (Å²) in [6.07, 6.45) is 5.89. The van der Waals surface area contributed by atoms with Gasteiger partial charge in [0.15, 0.2) is 0 Å². The van der Waals surface area contributed by atoms with Crippen LogP contribution in [0.1, 0.15) is 58.8 Å². The van der Waals surface area contributed by atoms with Crippen LogP contribution in [0, 0.1) is 23.2 Å². The molecule has 122 valence electrons. The van der Waals surface area contributed by atoms with Crippen LogP contribution < -0.4 is 0 Å². The average Bonchev–Trinajstić information content (AvgIpc) is 2.70. The van der Waals surface area contributed by atoms with Crippen LogP contribution in [0.5, 0.6) is 0 Å². The number of aliphatic hydroxyl groups is 3. The number of rotatable bonds is 0. The lowest BCUT2D eigenvalue weighted by molar-refractivity contribution is -0.0453. The highest BCUT2D eigenvalue weighted by molar-refractivity contribution is 5.32. The summed E-state index contributed by atoms with van der Waals surface area (Å²) in [5, 5.41) is 31.3. The highest BCUT2D eigenvalue weighted by Gasteiger charge is 2.56. The molecule has 4 rings (SSSR count). The molecular formula is C19H28O3. The van der Waals surface area contributed by atoms with Gasteiger partial charge in [-0.3, -0.25) is 0 Å². The molecule has 4 unspecified atom stereocenters. The standard InChI is InChI=1S/C19H28O3/c1-10-7-15-17-14(5-6-19(15,2)18(10)22)13-4-3-12(20)8-11(13)9-16(17)21/h12,14-17,20-22H,3-9H2,1-2H3/t12-,14?,15?,16?,17?,19-/m0/s1. The number of allylic oxidation sites excluding steroid dienone is 3. The Balaban J connectivity index is 1.70. The molecule has 3 nitrogen and oxygen atoms in total. The van der Waals surface area contributed by atoms with Crippen molar-refractivity contribution in [3.63, 3.8) is 0 Å². The Morgan fingerprint density at radius 1 is 1.09 bits per heavy atom. The van der Waals surface area contributed by atoms with E-state index in [2.05, 4.69) is 6.92 Å². The minimum Gasteiger partial charge on any atom is -0.512 e. The summed E-state index contributed by atoms with van der Waals surface area (Å²) >= 11 is 0. The van der Waals surface area contributed by atoms with Crippen LogP contribution in [0.15, 0.2) is 22.5 Å². The van der Waals surface area contributed by atoms with E-state index in [1.165, 1.54) is 5.57 Å². The Morgan fingerprint density at radius 2 is 1.86 bits per heavy atom. The lowest BCUT2D eigenvalue weighted by atomic mass is 9.53. The van der Waals surface area contributed by atoms with Gasteiger partial charge in [-0.2, -0.15) is 0 Å². The van der Waals surface area contributed by atoms with Gasteiger partial charge in [-0.25, -0.2) is 0 Å². The zero-order chi connectivity index (χ0) is 15.6. The molecule has 1 fully saturated rings. The van der Waals surface area contributed by atoms with E-state index in [1.54, 1.807) is 5.57 Å². The number of hydrogen-bond donors (Lipinski definition) is 3. The first kappa shape index (κ1) is 14.8. The Hall–Kier alpha value is -0.800. The van der Waals surface area contributed by atoms with E-state index >= 15 is 0 Å². The summed E-state index contributed by atoms with van der Waals surface area (Å²) < 4.78 is 0. The molecule has 0 spiro atoms. The van der Waals surface area contributed by atoms with Gasteiger partial charge < -0.3 is 15.3 Å². The molecule has 6 atom stereocenters. The average molecular weight is 304 g/mol. The normalized spacial score (nSPS) is 48.1. The molecule has 22 heavy (non-hydrogen) atoms. The van der Waals surface area contributed by atoms with Crippen LogP contribution in [0.4, 0.5) is 0 Å². The van der Waals surface area contributed by atoms with Gasteiger partial charge in [0.1, 0.15) is 0 Å². The molecule has 4 aliphatic rings. The summed E-state index contributed by atoms with van der Waals surface area (Å²) in [5.41, 5.74) is 3.88. The van der Waals surface area contributed by atoms with Crippen molar-refractivity contribution in [3.8, 4) is 0 Å². The van der Waals surface area contributed by atoms with Crippen molar-refractivity contribution in [1.82, 2.24) is 0 Å². The minimum atomic E-state index is -0.308. The topological polar surface area (TPSA) is 60.7 Å². The van der Waals surface area contributed by atoms with Gasteiger partial charge in [0, 0.05) is 5.41 Å². The van der Waals surface area contributed by atoms with E-state index in [0.29, 0.717) is 17.6 Å². The van der Waals surface area contributed by atoms with Crippen LogP contribution >= 0.6 is 0 Å². The van der Waals surface area contributed by atoms with Crippen molar-refractivity contribution in [2.45, 2.75) is 71.0 Å². The SMILES string of the molecule is CC1=C(O)[C@@]2(C)CCC3C4=C(CC(O)C3C2C1)C[C@@H](O)CC4. The third-order valence-corrected chi connectivity index (χ3v) is 7.22. The van der Waals surface area contributed by atoms with E-state index in [4.69, 9.17) is 0 Å². The van der Waals surface area contributed by atoms with Gasteiger partial charge in [-0.1, -0.05) is 18.1 Å². The lowest BCUT2D eigenvalue weighted by Crippen LogP contribution is -2.48. The first-order chi connectivity index (χ1) is 10.4. The zero-order valence-corrected chi connectivity index (χ0v) is 13.7. The second-order valence-electron chi connectivity index (χ2n) is 8.38.